The van der Waals surface area contributed by atoms with Gasteiger partial charge in [0.15, 0.2) is 0 Å². The van der Waals surface area contributed by atoms with Crippen LogP contribution < -0.4 is 11.1 Å². The van der Waals surface area contributed by atoms with Gasteiger partial charge in [0.05, 0.1) is 11.3 Å². The summed E-state index contributed by atoms with van der Waals surface area (Å²) in [7, 11) is 0. The largest absolute Gasteiger partial charge is 0.349 e. The lowest BCUT2D eigenvalue weighted by Gasteiger charge is -2.28. The van der Waals surface area contributed by atoms with E-state index in [4.69, 9.17) is 5.73 Å². The van der Waals surface area contributed by atoms with E-state index < -0.39 is 0 Å². The molecule has 0 unspecified atom stereocenters. The molecule has 1 amide bonds. The normalized spacial score (nSPS) is 17.6. The van der Waals surface area contributed by atoms with Crippen molar-refractivity contribution in [3.63, 3.8) is 0 Å². The number of nitrogens with two attached hydrogens (primary N) is 1. The lowest BCUT2D eigenvalue weighted by Crippen LogP contribution is -2.52. The molecular weight excluding hydrogens is 244 g/mol. The van der Waals surface area contributed by atoms with Crippen LogP contribution in [0.25, 0.3) is 0 Å². The standard InChI is InChI=1S/C14H20N2OS/c15-11-14(8-4-5-9-14)16-13(17)10-18-12-6-2-1-3-7-12/h1-3,6-7H,4-5,8-11,15H2,(H,16,17). The molecule has 2 rings (SSSR count). The van der Waals surface area contributed by atoms with Crippen molar-refractivity contribution in [2.45, 2.75) is 36.1 Å². The summed E-state index contributed by atoms with van der Waals surface area (Å²) in [5.74, 6) is 0.558. The molecule has 1 fully saturated rings. The average Bonchev–Trinajstić information content (AvgIpc) is 2.87. The first kappa shape index (κ1) is 13.4. The van der Waals surface area contributed by atoms with Crippen LogP contribution in [0.1, 0.15) is 25.7 Å². The van der Waals surface area contributed by atoms with E-state index >= 15 is 0 Å². The van der Waals surface area contributed by atoms with Gasteiger partial charge in [0.25, 0.3) is 0 Å². The maximum Gasteiger partial charge on any atom is 0.230 e. The lowest BCUT2D eigenvalue weighted by molar-refractivity contribution is -0.120. The summed E-state index contributed by atoms with van der Waals surface area (Å²) < 4.78 is 0. The zero-order valence-electron chi connectivity index (χ0n) is 10.5. The van der Waals surface area contributed by atoms with Gasteiger partial charge in [-0.2, -0.15) is 0 Å². The minimum Gasteiger partial charge on any atom is -0.349 e. The molecule has 3 N–H and O–H groups in total. The van der Waals surface area contributed by atoms with Crippen molar-refractivity contribution in [1.29, 1.82) is 0 Å². The zero-order valence-corrected chi connectivity index (χ0v) is 11.3. The van der Waals surface area contributed by atoms with Crippen molar-refractivity contribution in [2.75, 3.05) is 12.3 Å². The molecule has 0 radical (unpaired) electrons. The van der Waals surface area contributed by atoms with E-state index in [2.05, 4.69) is 5.32 Å². The topological polar surface area (TPSA) is 55.1 Å². The summed E-state index contributed by atoms with van der Waals surface area (Å²) in [6, 6.07) is 9.99. The van der Waals surface area contributed by atoms with Crippen molar-refractivity contribution in [3.8, 4) is 0 Å². The van der Waals surface area contributed by atoms with Crippen molar-refractivity contribution >= 4 is 17.7 Å². The van der Waals surface area contributed by atoms with Crippen molar-refractivity contribution < 1.29 is 4.79 Å². The Bertz CT molecular complexity index is 388. The maximum atomic E-state index is 11.9. The number of hydrogen-bond acceptors (Lipinski definition) is 3. The highest BCUT2D eigenvalue weighted by Gasteiger charge is 2.33. The number of amides is 1. The number of benzene rings is 1. The van der Waals surface area contributed by atoms with Crippen LogP contribution in [-0.4, -0.2) is 23.7 Å². The first-order valence-corrected chi connectivity index (χ1v) is 7.42. The predicted octanol–water partition coefficient (Wildman–Crippen LogP) is 2.17. The Morgan fingerprint density at radius 2 is 1.94 bits per heavy atom. The second-order valence-electron chi connectivity index (χ2n) is 4.84. The van der Waals surface area contributed by atoms with E-state index in [1.54, 1.807) is 11.8 Å². The fraction of sp³-hybridized carbons (Fsp3) is 0.500. The van der Waals surface area contributed by atoms with E-state index in [-0.39, 0.29) is 11.4 Å². The molecule has 0 spiro atoms. The third-order valence-electron chi connectivity index (χ3n) is 3.47. The molecule has 0 aliphatic heterocycles. The summed E-state index contributed by atoms with van der Waals surface area (Å²) >= 11 is 1.57. The molecule has 1 aromatic carbocycles. The van der Waals surface area contributed by atoms with Gasteiger partial charge in [-0.05, 0) is 25.0 Å². The molecule has 0 bridgehead atoms. The van der Waals surface area contributed by atoms with Crippen LogP contribution in [0.15, 0.2) is 35.2 Å². The highest BCUT2D eigenvalue weighted by molar-refractivity contribution is 8.00. The molecule has 0 saturated heterocycles. The number of hydrogen-bond donors (Lipinski definition) is 2. The van der Waals surface area contributed by atoms with Gasteiger partial charge < -0.3 is 11.1 Å². The maximum absolute atomic E-state index is 11.9. The number of rotatable bonds is 5. The molecule has 1 aliphatic rings. The number of thioether (sulfide) groups is 1. The smallest absolute Gasteiger partial charge is 0.230 e. The summed E-state index contributed by atoms with van der Waals surface area (Å²) in [6.07, 6.45) is 4.38. The van der Waals surface area contributed by atoms with Gasteiger partial charge in [-0.3, -0.25) is 4.79 Å². The summed E-state index contributed by atoms with van der Waals surface area (Å²) in [6.45, 7) is 0.550. The lowest BCUT2D eigenvalue weighted by atomic mass is 9.98. The molecule has 4 heteroatoms. The molecule has 0 heterocycles. The monoisotopic (exact) mass is 264 g/mol. The van der Waals surface area contributed by atoms with Crippen molar-refractivity contribution in [3.05, 3.63) is 30.3 Å². The highest BCUT2D eigenvalue weighted by Crippen LogP contribution is 2.28. The molecule has 0 atom stereocenters. The van der Waals surface area contributed by atoms with E-state index in [1.807, 2.05) is 30.3 Å². The Hall–Kier alpha value is -1.00. The van der Waals surface area contributed by atoms with Crippen LogP contribution >= 0.6 is 11.8 Å². The number of carbonyl (C=O) groups is 1. The SMILES string of the molecule is NCC1(NC(=O)CSc2ccccc2)CCCC1. The number of carbonyl (C=O) groups excluding carboxylic acids is 1. The second kappa shape index (κ2) is 6.25. The van der Waals surface area contributed by atoms with Gasteiger partial charge in [0, 0.05) is 11.4 Å². The molecule has 1 saturated carbocycles. The van der Waals surface area contributed by atoms with Gasteiger partial charge in [0.1, 0.15) is 0 Å². The third kappa shape index (κ3) is 3.50. The van der Waals surface area contributed by atoms with Crippen LogP contribution in [0, 0.1) is 0 Å². The first-order valence-electron chi connectivity index (χ1n) is 6.43. The van der Waals surface area contributed by atoms with Gasteiger partial charge in [0.2, 0.25) is 5.91 Å². The van der Waals surface area contributed by atoms with Crippen LogP contribution in [0.4, 0.5) is 0 Å². The summed E-state index contributed by atoms with van der Waals surface area (Å²) in [5.41, 5.74) is 5.67. The average molecular weight is 264 g/mol. The van der Waals surface area contributed by atoms with Gasteiger partial charge in [-0.1, -0.05) is 31.0 Å². The van der Waals surface area contributed by atoms with Crippen LogP contribution in [0.3, 0.4) is 0 Å². The quantitative estimate of drug-likeness (QED) is 0.801. The highest BCUT2D eigenvalue weighted by atomic mass is 32.2. The minimum atomic E-state index is -0.131. The Kier molecular flexibility index (Phi) is 4.66. The molecule has 1 aromatic rings. The molecule has 18 heavy (non-hydrogen) atoms. The molecule has 1 aliphatic carbocycles. The Balaban J connectivity index is 1.82. The summed E-state index contributed by atoms with van der Waals surface area (Å²) in [5, 5.41) is 3.13. The van der Waals surface area contributed by atoms with Crippen molar-refractivity contribution in [2.24, 2.45) is 5.73 Å². The van der Waals surface area contributed by atoms with E-state index in [0.717, 1.165) is 17.7 Å². The van der Waals surface area contributed by atoms with Crippen molar-refractivity contribution in [1.82, 2.24) is 5.32 Å². The number of nitrogens with one attached hydrogen (secondary N) is 1. The molecule has 98 valence electrons. The second-order valence-corrected chi connectivity index (χ2v) is 5.89. The molecule has 3 nitrogen and oxygen atoms in total. The Labute approximate surface area is 113 Å². The minimum absolute atomic E-state index is 0.0937. The van der Waals surface area contributed by atoms with Gasteiger partial charge >= 0.3 is 0 Å². The fourth-order valence-corrected chi connectivity index (χ4v) is 3.15. The first-order chi connectivity index (χ1) is 8.74. The van der Waals surface area contributed by atoms with Gasteiger partial charge in [-0.15, -0.1) is 11.8 Å². The summed E-state index contributed by atoms with van der Waals surface area (Å²) in [4.78, 5) is 13.1. The fourth-order valence-electron chi connectivity index (χ4n) is 2.43. The van der Waals surface area contributed by atoms with E-state index in [0.29, 0.717) is 12.3 Å². The van der Waals surface area contributed by atoms with Crippen LogP contribution in [0.5, 0.6) is 0 Å². The van der Waals surface area contributed by atoms with E-state index in [1.165, 1.54) is 12.8 Å². The van der Waals surface area contributed by atoms with Crippen LogP contribution in [-0.2, 0) is 4.79 Å². The molecular formula is C14H20N2OS. The van der Waals surface area contributed by atoms with Gasteiger partial charge in [-0.25, -0.2) is 0 Å². The predicted molar refractivity (Wildman–Crippen MR) is 75.6 cm³/mol. The zero-order chi connectivity index (χ0) is 12.8. The van der Waals surface area contributed by atoms with Crippen LogP contribution in [0.2, 0.25) is 0 Å². The van der Waals surface area contributed by atoms with E-state index in [9.17, 15) is 4.79 Å². The Morgan fingerprint density at radius 1 is 1.28 bits per heavy atom. The molecule has 0 aromatic heterocycles. The third-order valence-corrected chi connectivity index (χ3v) is 4.48. The Morgan fingerprint density at radius 3 is 2.56 bits per heavy atom.